The maximum atomic E-state index is 10.7. The molecule has 1 amide bonds. The highest BCUT2D eigenvalue weighted by Gasteiger charge is 2.07. The molecule has 0 aliphatic rings. The Balaban J connectivity index is 2.52. The van der Waals surface area contributed by atoms with Crippen molar-refractivity contribution in [3.8, 4) is 0 Å². The summed E-state index contributed by atoms with van der Waals surface area (Å²) in [5.41, 5.74) is 6.79. The topological polar surface area (TPSA) is 63.8 Å². The van der Waals surface area contributed by atoms with Gasteiger partial charge in [0.05, 0.1) is 16.1 Å². The lowest BCUT2D eigenvalue weighted by Crippen LogP contribution is -2.13. The molecule has 1 aromatic carbocycles. The lowest BCUT2D eigenvalue weighted by atomic mass is 10.3. The molecule has 3 N–H and O–H groups in total. The number of primary amides is 1. The van der Waals surface area contributed by atoms with Crippen LogP contribution in [0.25, 0.3) is 11.0 Å². The third kappa shape index (κ3) is 1.96. The minimum atomic E-state index is -0.349. The smallest absolute Gasteiger partial charge is 0.219 e. The van der Waals surface area contributed by atoms with E-state index in [0.29, 0.717) is 16.3 Å². The molecular formula is C10H10ClN3OS. The van der Waals surface area contributed by atoms with Gasteiger partial charge in [-0.25, -0.2) is 0 Å². The first-order chi connectivity index (χ1) is 7.59. The zero-order valence-corrected chi connectivity index (χ0v) is 9.94. The lowest BCUT2D eigenvalue weighted by Gasteiger charge is -2.02. The zero-order chi connectivity index (χ0) is 11.7. The van der Waals surface area contributed by atoms with Gasteiger partial charge in [0, 0.05) is 13.0 Å². The molecule has 0 aliphatic heterocycles. The fourth-order valence-electron chi connectivity index (χ4n) is 1.59. The second kappa shape index (κ2) is 4.27. The van der Waals surface area contributed by atoms with Gasteiger partial charge in [-0.2, -0.15) is 0 Å². The minimum absolute atomic E-state index is 0.258. The molecule has 16 heavy (non-hydrogen) atoms. The average molecular weight is 256 g/mol. The maximum absolute atomic E-state index is 10.7. The average Bonchev–Trinajstić information content (AvgIpc) is 2.53. The molecule has 0 saturated carbocycles. The van der Waals surface area contributed by atoms with E-state index in [9.17, 15) is 4.79 Å². The number of nitrogens with one attached hydrogen (secondary N) is 1. The number of imidazole rings is 1. The fourth-order valence-corrected chi connectivity index (χ4v) is 2.10. The number of nitrogens with zero attached hydrogens (tertiary/aromatic N) is 1. The predicted octanol–water partition coefficient (Wildman–Crippen LogP) is 2.23. The van der Waals surface area contributed by atoms with E-state index >= 15 is 0 Å². The summed E-state index contributed by atoms with van der Waals surface area (Å²) in [6.07, 6.45) is 0.258. The van der Waals surface area contributed by atoms with Crippen LogP contribution in [0.2, 0.25) is 5.02 Å². The summed E-state index contributed by atoms with van der Waals surface area (Å²) in [5, 5.41) is 0.612. The SMILES string of the molecule is NC(=O)CCn1c(=S)[nH]c2c(Cl)cccc21. The molecule has 0 fully saturated rings. The first-order valence-electron chi connectivity index (χ1n) is 4.75. The van der Waals surface area contributed by atoms with Crippen molar-refractivity contribution in [1.82, 2.24) is 9.55 Å². The zero-order valence-electron chi connectivity index (χ0n) is 8.37. The van der Waals surface area contributed by atoms with Crippen molar-refractivity contribution in [3.05, 3.63) is 28.0 Å². The van der Waals surface area contributed by atoms with E-state index in [-0.39, 0.29) is 12.3 Å². The van der Waals surface area contributed by atoms with E-state index in [1.165, 1.54) is 0 Å². The largest absolute Gasteiger partial charge is 0.370 e. The normalized spacial score (nSPS) is 10.8. The highest BCUT2D eigenvalue weighted by atomic mass is 35.5. The first-order valence-corrected chi connectivity index (χ1v) is 5.53. The number of fused-ring (bicyclic) bond motifs is 1. The van der Waals surface area contributed by atoms with E-state index < -0.39 is 0 Å². The molecule has 0 spiro atoms. The van der Waals surface area contributed by atoms with Crippen LogP contribution in [0, 0.1) is 4.77 Å². The van der Waals surface area contributed by atoms with Crippen LogP contribution in [0.1, 0.15) is 6.42 Å². The number of nitrogens with two attached hydrogens (primary N) is 1. The monoisotopic (exact) mass is 255 g/mol. The van der Waals surface area contributed by atoms with Gasteiger partial charge in [0.2, 0.25) is 5.91 Å². The standard InChI is InChI=1S/C10H10ClN3OS/c11-6-2-1-3-7-9(6)13-10(16)14(7)5-4-8(12)15/h1-3H,4-5H2,(H2,12,15)(H,13,16). The Labute approximate surface area is 102 Å². The summed E-state index contributed by atoms with van der Waals surface area (Å²) < 4.78 is 2.37. The summed E-state index contributed by atoms with van der Waals surface area (Å²) in [7, 11) is 0. The van der Waals surface area contributed by atoms with Crippen LogP contribution >= 0.6 is 23.8 Å². The molecule has 0 saturated heterocycles. The molecule has 0 atom stereocenters. The Morgan fingerprint density at radius 1 is 1.56 bits per heavy atom. The molecule has 1 heterocycles. The van der Waals surface area contributed by atoms with Crippen molar-refractivity contribution >= 4 is 40.8 Å². The Hall–Kier alpha value is -1.33. The summed E-state index contributed by atoms with van der Waals surface area (Å²) in [6.45, 7) is 0.467. The van der Waals surface area contributed by atoms with Gasteiger partial charge in [0.25, 0.3) is 0 Å². The van der Waals surface area contributed by atoms with Crippen molar-refractivity contribution in [3.63, 3.8) is 0 Å². The predicted molar refractivity (Wildman–Crippen MR) is 65.9 cm³/mol. The molecule has 0 bridgehead atoms. The van der Waals surface area contributed by atoms with Crippen LogP contribution in [-0.2, 0) is 11.3 Å². The number of hydrogen-bond acceptors (Lipinski definition) is 2. The van der Waals surface area contributed by atoms with Gasteiger partial charge in [-0.15, -0.1) is 0 Å². The number of para-hydroxylation sites is 1. The van der Waals surface area contributed by atoms with E-state index in [2.05, 4.69) is 4.98 Å². The van der Waals surface area contributed by atoms with Crippen LogP contribution in [0.15, 0.2) is 18.2 Å². The number of benzene rings is 1. The van der Waals surface area contributed by atoms with E-state index in [1.54, 1.807) is 6.07 Å². The fraction of sp³-hybridized carbons (Fsp3) is 0.200. The summed E-state index contributed by atoms with van der Waals surface area (Å²) in [4.78, 5) is 13.8. The van der Waals surface area contributed by atoms with Crippen molar-refractivity contribution in [2.75, 3.05) is 0 Å². The third-order valence-corrected chi connectivity index (χ3v) is 2.98. The first kappa shape index (κ1) is 11.2. The van der Waals surface area contributed by atoms with Crippen LogP contribution in [0.5, 0.6) is 0 Å². The van der Waals surface area contributed by atoms with Crippen LogP contribution in [-0.4, -0.2) is 15.5 Å². The number of carbonyl (C=O) groups excluding carboxylic acids is 1. The van der Waals surface area contributed by atoms with Gasteiger partial charge in [0.1, 0.15) is 0 Å². The number of carbonyl (C=O) groups is 1. The van der Waals surface area contributed by atoms with E-state index in [1.807, 2.05) is 16.7 Å². The summed E-state index contributed by atoms with van der Waals surface area (Å²) >= 11 is 11.2. The number of amides is 1. The minimum Gasteiger partial charge on any atom is -0.370 e. The number of aryl methyl sites for hydroxylation is 1. The van der Waals surface area contributed by atoms with Crippen molar-refractivity contribution < 1.29 is 4.79 Å². The Bertz CT molecular complexity index is 602. The van der Waals surface area contributed by atoms with Gasteiger partial charge >= 0.3 is 0 Å². The molecule has 2 rings (SSSR count). The number of aromatic nitrogens is 2. The number of rotatable bonds is 3. The van der Waals surface area contributed by atoms with E-state index in [4.69, 9.17) is 29.6 Å². The van der Waals surface area contributed by atoms with Crippen LogP contribution in [0.3, 0.4) is 0 Å². The highest BCUT2D eigenvalue weighted by Crippen LogP contribution is 2.22. The summed E-state index contributed by atoms with van der Waals surface area (Å²) in [5.74, 6) is -0.349. The molecule has 1 aromatic heterocycles. The number of hydrogen-bond donors (Lipinski definition) is 2. The second-order valence-electron chi connectivity index (χ2n) is 3.43. The highest BCUT2D eigenvalue weighted by molar-refractivity contribution is 7.71. The lowest BCUT2D eigenvalue weighted by molar-refractivity contribution is -0.118. The molecule has 0 radical (unpaired) electrons. The Morgan fingerprint density at radius 2 is 2.31 bits per heavy atom. The number of aromatic amines is 1. The molecule has 0 unspecified atom stereocenters. The molecule has 84 valence electrons. The summed E-state index contributed by atoms with van der Waals surface area (Å²) in [6, 6.07) is 5.52. The van der Waals surface area contributed by atoms with Gasteiger partial charge in [-0.3, -0.25) is 4.79 Å². The molecule has 2 aromatic rings. The van der Waals surface area contributed by atoms with Gasteiger partial charge < -0.3 is 15.3 Å². The number of H-pyrrole nitrogens is 1. The molecule has 0 aliphatic carbocycles. The Kier molecular flexibility index (Phi) is 2.98. The van der Waals surface area contributed by atoms with Crippen molar-refractivity contribution in [1.29, 1.82) is 0 Å². The Morgan fingerprint density at radius 3 is 3.00 bits per heavy atom. The van der Waals surface area contributed by atoms with E-state index in [0.717, 1.165) is 11.0 Å². The van der Waals surface area contributed by atoms with Gasteiger partial charge in [-0.1, -0.05) is 17.7 Å². The van der Waals surface area contributed by atoms with Crippen molar-refractivity contribution in [2.24, 2.45) is 5.73 Å². The van der Waals surface area contributed by atoms with Crippen molar-refractivity contribution in [2.45, 2.75) is 13.0 Å². The van der Waals surface area contributed by atoms with Gasteiger partial charge in [0.15, 0.2) is 4.77 Å². The quantitative estimate of drug-likeness (QED) is 0.826. The maximum Gasteiger partial charge on any atom is 0.219 e. The van der Waals surface area contributed by atoms with Gasteiger partial charge in [-0.05, 0) is 24.4 Å². The second-order valence-corrected chi connectivity index (χ2v) is 4.23. The van der Waals surface area contributed by atoms with Crippen LogP contribution in [0.4, 0.5) is 0 Å². The molecular weight excluding hydrogens is 246 g/mol. The third-order valence-electron chi connectivity index (χ3n) is 2.34. The molecule has 4 nitrogen and oxygen atoms in total. The number of halogens is 1. The van der Waals surface area contributed by atoms with Crippen LogP contribution < -0.4 is 5.73 Å². The molecule has 6 heteroatoms.